The monoisotopic (exact) mass is 391 g/mol. The van der Waals surface area contributed by atoms with E-state index in [1.165, 1.54) is 7.11 Å². The van der Waals surface area contributed by atoms with Gasteiger partial charge in [-0.15, -0.1) is 0 Å². The van der Waals surface area contributed by atoms with Crippen molar-refractivity contribution < 1.29 is 13.9 Å². The summed E-state index contributed by atoms with van der Waals surface area (Å²) >= 11 is 0. The number of anilines is 4. The molecule has 0 saturated carbocycles. The average Bonchev–Trinajstić information content (AvgIpc) is 3.10. The maximum Gasteiger partial charge on any atom is 0.417 e. The van der Waals surface area contributed by atoms with E-state index >= 15 is 0 Å². The van der Waals surface area contributed by atoms with Gasteiger partial charge in [0.05, 0.1) is 18.2 Å². The number of carbonyl (C=O) groups is 1. The molecule has 2 aromatic heterocycles. The van der Waals surface area contributed by atoms with E-state index in [1.54, 1.807) is 48.7 Å². The van der Waals surface area contributed by atoms with Crippen LogP contribution < -0.4 is 16.4 Å². The van der Waals surface area contributed by atoms with E-state index in [1.807, 2.05) is 6.92 Å². The molecular weight excluding hydrogens is 374 g/mol. The summed E-state index contributed by atoms with van der Waals surface area (Å²) in [6, 6.07) is 12.1. The van der Waals surface area contributed by atoms with E-state index in [0.29, 0.717) is 28.4 Å². The lowest BCUT2D eigenvalue weighted by atomic mass is 10.2. The third-order valence-electron chi connectivity index (χ3n) is 4.22. The third-order valence-corrected chi connectivity index (χ3v) is 4.22. The van der Waals surface area contributed by atoms with Gasteiger partial charge in [-0.3, -0.25) is 4.98 Å². The Morgan fingerprint density at radius 2 is 1.86 bits per heavy atom. The number of carbonyl (C=O) groups excluding carboxylic acids is 1. The molecule has 0 amide bonds. The Labute approximate surface area is 164 Å². The molecular formula is C20H17N5O4. The van der Waals surface area contributed by atoms with E-state index in [9.17, 15) is 9.59 Å². The first kappa shape index (κ1) is 18.2. The number of nitrogens with one attached hydrogen (secondary N) is 3. The van der Waals surface area contributed by atoms with Crippen molar-refractivity contribution in [3.63, 3.8) is 0 Å². The minimum absolute atomic E-state index is 0.390. The maximum absolute atomic E-state index is 11.5. The van der Waals surface area contributed by atoms with Crippen LogP contribution in [0.3, 0.4) is 0 Å². The summed E-state index contributed by atoms with van der Waals surface area (Å²) in [5, 5.41) is 6.31. The van der Waals surface area contributed by atoms with Crippen molar-refractivity contribution in [3.8, 4) is 0 Å². The third kappa shape index (κ3) is 3.93. The van der Waals surface area contributed by atoms with Crippen molar-refractivity contribution in [2.45, 2.75) is 6.92 Å². The molecule has 0 fully saturated rings. The van der Waals surface area contributed by atoms with Crippen LogP contribution in [0, 0.1) is 6.92 Å². The van der Waals surface area contributed by atoms with Crippen LogP contribution in [-0.4, -0.2) is 28.0 Å². The molecule has 2 aromatic carbocycles. The molecule has 0 unspecified atom stereocenters. The second-order valence-corrected chi connectivity index (χ2v) is 6.27. The Kier molecular flexibility index (Phi) is 4.70. The quantitative estimate of drug-likeness (QED) is 0.442. The van der Waals surface area contributed by atoms with Crippen LogP contribution >= 0.6 is 0 Å². The van der Waals surface area contributed by atoms with E-state index in [0.717, 1.165) is 16.9 Å². The number of rotatable bonds is 5. The number of ether oxygens (including phenoxy) is 1. The number of nitrogens with zero attached hydrogens (tertiary/aromatic N) is 2. The summed E-state index contributed by atoms with van der Waals surface area (Å²) in [6.45, 7) is 1.88. The van der Waals surface area contributed by atoms with Crippen molar-refractivity contribution in [1.29, 1.82) is 0 Å². The minimum Gasteiger partial charge on any atom is -0.465 e. The lowest BCUT2D eigenvalue weighted by Crippen LogP contribution is -2.04. The summed E-state index contributed by atoms with van der Waals surface area (Å²) in [5.41, 5.74) is 3.85. The highest BCUT2D eigenvalue weighted by Gasteiger charge is 2.08. The number of H-pyrrole nitrogens is 1. The van der Waals surface area contributed by atoms with Crippen molar-refractivity contribution in [2.24, 2.45) is 0 Å². The van der Waals surface area contributed by atoms with E-state index < -0.39 is 11.7 Å². The molecule has 0 aliphatic carbocycles. The molecule has 0 aliphatic heterocycles. The zero-order valence-electron chi connectivity index (χ0n) is 15.6. The molecule has 0 radical (unpaired) electrons. The van der Waals surface area contributed by atoms with Gasteiger partial charge in [-0.2, -0.15) is 4.98 Å². The van der Waals surface area contributed by atoms with Crippen molar-refractivity contribution in [2.75, 3.05) is 17.7 Å². The average molecular weight is 391 g/mol. The van der Waals surface area contributed by atoms with Gasteiger partial charge in [0, 0.05) is 23.1 Å². The topological polar surface area (TPSA) is 122 Å². The zero-order chi connectivity index (χ0) is 20.4. The number of oxazole rings is 1. The second kappa shape index (κ2) is 7.47. The molecule has 0 saturated heterocycles. The summed E-state index contributed by atoms with van der Waals surface area (Å²) in [7, 11) is 1.34. The molecule has 29 heavy (non-hydrogen) atoms. The molecule has 3 N–H and O–H groups in total. The van der Waals surface area contributed by atoms with Crippen LogP contribution in [0.4, 0.5) is 23.1 Å². The van der Waals surface area contributed by atoms with Gasteiger partial charge in [-0.1, -0.05) is 0 Å². The normalized spacial score (nSPS) is 10.7. The fourth-order valence-electron chi connectivity index (χ4n) is 2.73. The Hall–Kier alpha value is -4.14. The first-order valence-electron chi connectivity index (χ1n) is 8.71. The zero-order valence-corrected chi connectivity index (χ0v) is 15.6. The number of fused-ring (bicyclic) bond motifs is 1. The predicted octanol–water partition coefficient (Wildman–Crippen LogP) is 3.49. The van der Waals surface area contributed by atoms with Gasteiger partial charge in [-0.25, -0.2) is 14.6 Å². The van der Waals surface area contributed by atoms with Crippen LogP contribution in [-0.2, 0) is 4.74 Å². The molecule has 0 spiro atoms. The van der Waals surface area contributed by atoms with Gasteiger partial charge in [-0.05, 0) is 49.4 Å². The number of hydrogen-bond acceptors (Lipinski definition) is 8. The van der Waals surface area contributed by atoms with Crippen LogP contribution in [0.5, 0.6) is 0 Å². The Morgan fingerprint density at radius 1 is 1.10 bits per heavy atom. The molecule has 0 aliphatic rings. The lowest BCUT2D eigenvalue weighted by Gasteiger charge is -2.11. The highest BCUT2D eigenvalue weighted by atomic mass is 16.5. The van der Waals surface area contributed by atoms with Gasteiger partial charge >= 0.3 is 11.7 Å². The number of aromatic amines is 1. The first-order chi connectivity index (χ1) is 14.0. The SMILES string of the molecule is COC(=O)c1ccc(Nc2ncc(C)c(Nc3ccc4oc(=O)[nH]c4c3)n2)cc1. The predicted molar refractivity (Wildman–Crippen MR) is 108 cm³/mol. The van der Waals surface area contributed by atoms with Crippen LogP contribution in [0.2, 0.25) is 0 Å². The van der Waals surface area contributed by atoms with E-state index in [-0.39, 0.29) is 0 Å². The van der Waals surface area contributed by atoms with E-state index in [4.69, 9.17) is 9.15 Å². The summed E-state index contributed by atoms with van der Waals surface area (Å²) in [6.07, 6.45) is 1.69. The number of methoxy groups -OCH3 is 1. The van der Waals surface area contributed by atoms with Gasteiger partial charge in [0.2, 0.25) is 5.95 Å². The number of esters is 1. The Bertz CT molecular complexity index is 1240. The number of aromatic nitrogens is 3. The lowest BCUT2D eigenvalue weighted by molar-refractivity contribution is 0.0601. The van der Waals surface area contributed by atoms with Crippen LogP contribution in [0.25, 0.3) is 11.1 Å². The summed E-state index contributed by atoms with van der Waals surface area (Å²) in [4.78, 5) is 34.2. The molecule has 9 heteroatoms. The number of benzene rings is 2. The summed E-state index contributed by atoms with van der Waals surface area (Å²) < 4.78 is 9.70. The molecule has 0 atom stereocenters. The standard InChI is InChI=1S/C20H17N5O4/c1-11-10-21-19(23-13-5-3-12(4-6-13)18(26)28-2)25-17(11)22-14-7-8-16-15(9-14)24-20(27)29-16/h3-10H,1-2H3,(H,24,27)(H2,21,22,23,25). The van der Waals surface area contributed by atoms with Crippen molar-refractivity contribution in [3.05, 3.63) is 70.3 Å². The fraction of sp³-hybridized carbons (Fsp3) is 0.100. The molecule has 0 bridgehead atoms. The van der Waals surface area contributed by atoms with Gasteiger partial charge in [0.25, 0.3) is 0 Å². The molecule has 2 heterocycles. The van der Waals surface area contributed by atoms with Gasteiger partial charge in [0.1, 0.15) is 5.82 Å². The van der Waals surface area contributed by atoms with Crippen LogP contribution in [0.1, 0.15) is 15.9 Å². The molecule has 4 rings (SSSR count). The second-order valence-electron chi connectivity index (χ2n) is 6.27. The molecule has 146 valence electrons. The number of aryl methyl sites for hydroxylation is 1. The van der Waals surface area contributed by atoms with E-state index in [2.05, 4.69) is 25.6 Å². The minimum atomic E-state index is -0.500. The van der Waals surface area contributed by atoms with Gasteiger partial charge in [0.15, 0.2) is 5.58 Å². The smallest absolute Gasteiger partial charge is 0.417 e. The first-order valence-corrected chi connectivity index (χ1v) is 8.71. The maximum atomic E-state index is 11.5. The largest absolute Gasteiger partial charge is 0.465 e. The Balaban J connectivity index is 1.55. The van der Waals surface area contributed by atoms with Crippen molar-refractivity contribution >= 4 is 40.2 Å². The highest BCUT2D eigenvalue weighted by molar-refractivity contribution is 5.89. The fourth-order valence-corrected chi connectivity index (χ4v) is 2.73. The highest BCUT2D eigenvalue weighted by Crippen LogP contribution is 2.23. The molecule has 4 aromatic rings. The Morgan fingerprint density at radius 3 is 2.62 bits per heavy atom. The van der Waals surface area contributed by atoms with Crippen molar-refractivity contribution in [1.82, 2.24) is 15.0 Å². The number of hydrogen-bond donors (Lipinski definition) is 3. The van der Waals surface area contributed by atoms with Gasteiger partial charge < -0.3 is 19.8 Å². The molecule has 9 nitrogen and oxygen atoms in total. The summed E-state index contributed by atoms with van der Waals surface area (Å²) in [5.74, 6) is 0.103. The van der Waals surface area contributed by atoms with Crippen LogP contribution in [0.15, 0.2) is 57.9 Å².